The number of aliphatic hydroxyl groups excluding tert-OH is 2. The Morgan fingerprint density at radius 3 is 2.28 bits per heavy atom. The van der Waals surface area contributed by atoms with Crippen LogP contribution in [0.4, 0.5) is 9.18 Å². The van der Waals surface area contributed by atoms with Crippen LogP contribution in [0.3, 0.4) is 0 Å². The third-order valence-corrected chi connectivity index (χ3v) is 4.00. The number of morpholine rings is 1. The topological polar surface area (TPSA) is 112 Å². The first-order chi connectivity index (χ1) is 15.3. The highest BCUT2D eigenvalue weighted by Gasteiger charge is 2.17. The maximum atomic E-state index is 12.1. The van der Waals surface area contributed by atoms with Gasteiger partial charge in [-0.15, -0.1) is 0 Å². The summed E-state index contributed by atoms with van der Waals surface area (Å²) < 4.78 is 21.8. The third kappa shape index (κ3) is 12.2. The molecule has 2 saturated heterocycles. The highest BCUT2D eigenvalue weighted by atomic mass is 19.1. The highest BCUT2D eigenvalue weighted by Crippen LogP contribution is 2.08. The molecule has 0 aliphatic carbocycles. The van der Waals surface area contributed by atoms with Crippen molar-refractivity contribution in [3.05, 3.63) is 73.8 Å². The molecule has 2 fully saturated rings. The molecule has 0 aromatic rings. The standard InChI is InChI=1S/C9H13NO3.C8H12FNO.C5H7NO2/c1-7(5-9(13)10-2)3-4-8(12)6-11;1-2-8(7-9)10-3-5-11-6-4-10;1-2-6-3-4-8-5(6)7/h3-4,6,11-12H,1,5H2,2H3,(H,10,13);2,7H,1,3-6H2;2H,1,3-4H2/b4-3-,8-6-;8-7-;. The molecule has 2 aliphatic heterocycles. The summed E-state index contributed by atoms with van der Waals surface area (Å²) in [6.07, 6.45) is 6.72. The second-order valence-electron chi connectivity index (χ2n) is 6.22. The van der Waals surface area contributed by atoms with Crippen molar-refractivity contribution in [2.45, 2.75) is 6.42 Å². The molecule has 0 unspecified atom stereocenters. The van der Waals surface area contributed by atoms with Crippen molar-refractivity contribution in [2.24, 2.45) is 0 Å². The van der Waals surface area contributed by atoms with Crippen LogP contribution in [0.25, 0.3) is 0 Å². The lowest BCUT2D eigenvalue weighted by Gasteiger charge is -2.28. The molecule has 0 saturated carbocycles. The Bertz CT molecular complexity index is 727. The van der Waals surface area contributed by atoms with Gasteiger partial charge in [-0.05, 0) is 17.7 Å². The molecule has 0 atom stereocenters. The van der Waals surface area contributed by atoms with Crippen LogP contribution in [0.5, 0.6) is 0 Å². The summed E-state index contributed by atoms with van der Waals surface area (Å²) in [4.78, 5) is 24.6. The number of ether oxygens (including phenoxy) is 2. The second-order valence-corrected chi connectivity index (χ2v) is 6.22. The third-order valence-electron chi connectivity index (χ3n) is 4.00. The molecule has 178 valence electrons. The Morgan fingerprint density at radius 2 is 1.88 bits per heavy atom. The molecule has 2 amide bonds. The van der Waals surface area contributed by atoms with E-state index in [0.29, 0.717) is 50.2 Å². The largest absolute Gasteiger partial charge is 0.512 e. The number of rotatable bonds is 7. The molecule has 2 aliphatic rings. The van der Waals surface area contributed by atoms with E-state index in [0.717, 1.165) is 13.1 Å². The SMILES string of the molecule is C=C(/C=C\C(O)=C\O)CC(=O)NC.C=C/C(=C/F)N1CCOCC1.C=CN1CCOC1=O. The second kappa shape index (κ2) is 17.2. The molecule has 9 nitrogen and oxygen atoms in total. The highest BCUT2D eigenvalue weighted by molar-refractivity contribution is 5.78. The molecule has 0 spiro atoms. The van der Waals surface area contributed by atoms with Gasteiger partial charge in [0.15, 0.2) is 0 Å². The number of nitrogens with zero attached hydrogens (tertiary/aromatic N) is 2. The Hall–Kier alpha value is -3.53. The van der Waals surface area contributed by atoms with Crippen LogP contribution in [0.1, 0.15) is 6.42 Å². The van der Waals surface area contributed by atoms with Crippen LogP contribution in [0.2, 0.25) is 0 Å². The Balaban J connectivity index is 0.000000462. The van der Waals surface area contributed by atoms with E-state index in [1.54, 1.807) is 0 Å². The van der Waals surface area contributed by atoms with Gasteiger partial charge in [-0.1, -0.05) is 25.8 Å². The molecule has 2 heterocycles. The van der Waals surface area contributed by atoms with E-state index in [-0.39, 0.29) is 24.2 Å². The number of aliphatic hydroxyl groups is 2. The number of carbonyl (C=O) groups is 2. The maximum Gasteiger partial charge on any atom is 0.413 e. The van der Waals surface area contributed by atoms with Gasteiger partial charge >= 0.3 is 6.09 Å². The van der Waals surface area contributed by atoms with Crippen molar-refractivity contribution in [3.8, 4) is 0 Å². The molecule has 0 bridgehead atoms. The lowest BCUT2D eigenvalue weighted by Crippen LogP contribution is -2.34. The summed E-state index contributed by atoms with van der Waals surface area (Å²) in [5, 5.41) is 19.5. The number of halogens is 1. The van der Waals surface area contributed by atoms with Gasteiger partial charge in [0, 0.05) is 26.3 Å². The molecule has 0 radical (unpaired) electrons. The number of carbonyl (C=O) groups excluding carboxylic acids is 2. The fourth-order valence-electron chi connectivity index (χ4n) is 2.24. The molecule has 2 rings (SSSR count). The van der Waals surface area contributed by atoms with E-state index in [4.69, 9.17) is 14.9 Å². The number of cyclic esters (lactones) is 1. The van der Waals surface area contributed by atoms with Gasteiger partial charge in [0.05, 0.1) is 31.9 Å². The van der Waals surface area contributed by atoms with Crippen LogP contribution in [-0.4, -0.2) is 78.5 Å². The predicted octanol–water partition coefficient (Wildman–Crippen LogP) is 3.09. The van der Waals surface area contributed by atoms with E-state index in [1.807, 2.05) is 4.90 Å². The summed E-state index contributed by atoms with van der Waals surface area (Å²) in [5.41, 5.74) is 1.10. The fraction of sp³-hybridized carbons (Fsp3) is 0.364. The van der Waals surface area contributed by atoms with Gasteiger partial charge < -0.3 is 29.9 Å². The van der Waals surface area contributed by atoms with Gasteiger partial charge in [0.1, 0.15) is 25.0 Å². The Labute approximate surface area is 188 Å². The average Bonchev–Trinajstić information content (AvgIpc) is 3.24. The van der Waals surface area contributed by atoms with Gasteiger partial charge in [0.2, 0.25) is 5.91 Å². The van der Waals surface area contributed by atoms with Crippen molar-refractivity contribution in [1.29, 1.82) is 0 Å². The molecule has 3 N–H and O–H groups in total. The molecule has 0 aromatic carbocycles. The first-order valence-corrected chi connectivity index (χ1v) is 9.74. The quantitative estimate of drug-likeness (QED) is 0.401. The minimum atomic E-state index is -0.292. The van der Waals surface area contributed by atoms with Crippen LogP contribution < -0.4 is 5.32 Å². The van der Waals surface area contributed by atoms with Gasteiger partial charge in [0.25, 0.3) is 0 Å². The van der Waals surface area contributed by atoms with E-state index in [2.05, 4.69) is 29.8 Å². The zero-order valence-electron chi connectivity index (χ0n) is 18.3. The average molecular weight is 454 g/mol. The minimum absolute atomic E-state index is 0.151. The van der Waals surface area contributed by atoms with Crippen LogP contribution >= 0.6 is 0 Å². The minimum Gasteiger partial charge on any atom is -0.512 e. The Kier molecular flexibility index (Phi) is 15.3. The number of allylic oxidation sites excluding steroid dienone is 3. The van der Waals surface area contributed by atoms with Crippen LogP contribution in [-0.2, 0) is 14.3 Å². The zero-order valence-corrected chi connectivity index (χ0v) is 18.3. The predicted molar refractivity (Wildman–Crippen MR) is 120 cm³/mol. The van der Waals surface area contributed by atoms with Crippen LogP contribution in [0.15, 0.2) is 73.8 Å². The maximum absolute atomic E-state index is 12.1. The van der Waals surface area contributed by atoms with Crippen LogP contribution in [0, 0.1) is 0 Å². The molecular weight excluding hydrogens is 421 g/mol. The number of hydrogen-bond acceptors (Lipinski definition) is 7. The van der Waals surface area contributed by atoms with Gasteiger partial charge in [-0.2, -0.15) is 0 Å². The van der Waals surface area contributed by atoms with Crippen molar-refractivity contribution in [1.82, 2.24) is 15.1 Å². The number of amides is 2. The lowest BCUT2D eigenvalue weighted by atomic mass is 10.2. The van der Waals surface area contributed by atoms with Gasteiger partial charge in [-0.3, -0.25) is 9.69 Å². The van der Waals surface area contributed by atoms with Gasteiger partial charge in [-0.25, -0.2) is 9.18 Å². The summed E-state index contributed by atoms with van der Waals surface area (Å²) >= 11 is 0. The summed E-state index contributed by atoms with van der Waals surface area (Å²) in [6.45, 7) is 14.5. The first-order valence-electron chi connectivity index (χ1n) is 9.74. The van der Waals surface area contributed by atoms with Crippen molar-refractivity contribution < 1.29 is 33.7 Å². The zero-order chi connectivity index (χ0) is 24.4. The fourth-order valence-corrected chi connectivity index (χ4v) is 2.24. The number of hydrogen-bond donors (Lipinski definition) is 3. The molecular formula is C22H32FN3O6. The van der Waals surface area contributed by atoms with Crippen molar-refractivity contribution in [2.75, 3.05) is 46.5 Å². The molecule has 0 aromatic heterocycles. The normalized spacial score (nSPS) is 16.2. The smallest absolute Gasteiger partial charge is 0.413 e. The van der Waals surface area contributed by atoms with E-state index in [1.165, 1.54) is 36.4 Å². The van der Waals surface area contributed by atoms with E-state index >= 15 is 0 Å². The summed E-state index contributed by atoms with van der Waals surface area (Å²) in [5.74, 6) is -0.430. The first kappa shape index (κ1) is 28.5. The van der Waals surface area contributed by atoms with Crippen molar-refractivity contribution in [3.63, 3.8) is 0 Å². The monoisotopic (exact) mass is 453 g/mol. The van der Waals surface area contributed by atoms with Crippen molar-refractivity contribution >= 4 is 12.0 Å². The summed E-state index contributed by atoms with van der Waals surface area (Å²) in [6, 6.07) is 0. The number of nitrogens with one attached hydrogen (secondary N) is 1. The van der Waals surface area contributed by atoms with E-state index in [9.17, 15) is 14.0 Å². The summed E-state index contributed by atoms with van der Waals surface area (Å²) in [7, 11) is 1.53. The lowest BCUT2D eigenvalue weighted by molar-refractivity contribution is -0.119. The molecule has 10 heteroatoms. The molecule has 32 heavy (non-hydrogen) atoms. The van der Waals surface area contributed by atoms with E-state index < -0.39 is 0 Å². The Morgan fingerprint density at radius 1 is 1.22 bits per heavy atom.